The molecule has 2 aromatic heterocycles. The van der Waals surface area contributed by atoms with Crippen LogP contribution in [0.15, 0.2) is 42.7 Å². The van der Waals surface area contributed by atoms with Gasteiger partial charge in [-0.1, -0.05) is 13.0 Å². The molecule has 6 N–H and O–H groups in total. The molecule has 5 rings (SSSR count). The highest BCUT2D eigenvalue weighted by molar-refractivity contribution is 6.11. The second kappa shape index (κ2) is 10.9. The average molecular weight is 549 g/mol. The number of amides is 3. The van der Waals surface area contributed by atoms with Crippen LogP contribution in [0.4, 0.5) is 27.5 Å². The SMILES string of the molecule is C[C@H]1CN(c2ccncc2NC(=O)c2nc3cc(N4CCN(C)C(=O)C4)ccc3cc2NC(=O)O)C[C@@H](N)[C@@H]1O. The van der Waals surface area contributed by atoms with E-state index in [4.69, 9.17) is 5.73 Å². The summed E-state index contributed by atoms with van der Waals surface area (Å²) in [4.78, 5) is 51.6. The highest BCUT2D eigenvalue weighted by Crippen LogP contribution is 2.31. The summed E-state index contributed by atoms with van der Waals surface area (Å²) >= 11 is 0. The molecular formula is C27H32N8O5. The number of aliphatic hydroxyl groups excluding tert-OH is 1. The summed E-state index contributed by atoms with van der Waals surface area (Å²) in [5.74, 6) is -0.709. The summed E-state index contributed by atoms with van der Waals surface area (Å²) in [6, 6.07) is 8.26. The van der Waals surface area contributed by atoms with Crippen LogP contribution in [0.5, 0.6) is 0 Å². The summed E-state index contributed by atoms with van der Waals surface area (Å²) in [5.41, 5.74) is 8.38. The van der Waals surface area contributed by atoms with Crippen molar-refractivity contribution in [2.45, 2.75) is 19.1 Å². The Kier molecular flexibility index (Phi) is 7.41. The molecule has 3 amide bonds. The fourth-order valence-corrected chi connectivity index (χ4v) is 5.17. The highest BCUT2D eigenvalue weighted by Gasteiger charge is 2.32. The number of carbonyl (C=O) groups excluding carboxylic acids is 2. The smallest absolute Gasteiger partial charge is 0.409 e. The number of nitrogens with zero attached hydrogens (tertiary/aromatic N) is 5. The molecule has 0 aliphatic carbocycles. The van der Waals surface area contributed by atoms with Gasteiger partial charge in [-0.05, 0) is 24.3 Å². The molecule has 3 aromatic rings. The lowest BCUT2D eigenvalue weighted by molar-refractivity contribution is -0.129. The van der Waals surface area contributed by atoms with Crippen LogP contribution in [0.25, 0.3) is 10.9 Å². The van der Waals surface area contributed by atoms with Crippen LogP contribution in [0.1, 0.15) is 17.4 Å². The largest absolute Gasteiger partial charge is 0.465 e. The zero-order chi connectivity index (χ0) is 28.6. The number of hydrogen-bond donors (Lipinski definition) is 5. The number of nitrogens with one attached hydrogen (secondary N) is 2. The maximum atomic E-state index is 13.6. The van der Waals surface area contributed by atoms with E-state index >= 15 is 0 Å². The molecule has 0 saturated carbocycles. The third-order valence-electron chi connectivity index (χ3n) is 7.43. The normalized spacial score (nSPS) is 21.4. The molecule has 0 unspecified atom stereocenters. The van der Waals surface area contributed by atoms with Crippen LogP contribution < -0.4 is 26.2 Å². The van der Waals surface area contributed by atoms with Gasteiger partial charge in [0.2, 0.25) is 5.91 Å². The number of carboxylic acid groups (broad SMARTS) is 1. The number of hydrogen-bond acceptors (Lipinski definition) is 9. The van der Waals surface area contributed by atoms with E-state index in [2.05, 4.69) is 20.6 Å². The number of piperidine rings is 1. The van der Waals surface area contributed by atoms with Gasteiger partial charge in [0.25, 0.3) is 5.91 Å². The predicted octanol–water partition coefficient (Wildman–Crippen LogP) is 1.39. The Morgan fingerprint density at radius 2 is 1.88 bits per heavy atom. The zero-order valence-corrected chi connectivity index (χ0v) is 22.2. The third kappa shape index (κ3) is 5.46. The number of likely N-dealkylation sites (N-methyl/N-ethyl adjacent to an activating group) is 1. The van der Waals surface area contributed by atoms with Crippen LogP contribution in [-0.2, 0) is 4.79 Å². The quantitative estimate of drug-likeness (QED) is 0.313. The van der Waals surface area contributed by atoms with Crippen molar-refractivity contribution < 1.29 is 24.6 Å². The Bertz CT molecular complexity index is 1450. The van der Waals surface area contributed by atoms with Gasteiger partial charge in [-0.25, -0.2) is 9.78 Å². The lowest BCUT2D eigenvalue weighted by Gasteiger charge is -2.40. The molecule has 0 radical (unpaired) electrons. The van der Waals surface area contributed by atoms with E-state index in [1.54, 1.807) is 42.4 Å². The van der Waals surface area contributed by atoms with Crippen LogP contribution in [-0.4, -0.2) is 94.9 Å². The van der Waals surface area contributed by atoms with Gasteiger partial charge in [-0.2, -0.15) is 0 Å². The molecule has 2 saturated heterocycles. The standard InChI is InChI=1S/C27H32N8O5/c1-15-12-35(13-18(28)25(15)37)22-5-6-29-11-21(22)31-26(38)24-20(32-27(39)40)9-16-3-4-17(10-19(16)30-24)34-8-7-33(2)23(36)14-34/h3-6,9-11,15,18,25,32,37H,7-8,12-14,28H2,1-2H3,(H,31,38)(H,39,40)/t15-,18+,25+/m0/s1. The molecule has 2 aliphatic rings. The van der Waals surface area contributed by atoms with Crippen LogP contribution in [0.2, 0.25) is 0 Å². The average Bonchev–Trinajstić information content (AvgIpc) is 2.92. The maximum Gasteiger partial charge on any atom is 0.409 e. The summed E-state index contributed by atoms with van der Waals surface area (Å²) in [7, 11) is 1.76. The molecule has 0 bridgehead atoms. The first-order valence-corrected chi connectivity index (χ1v) is 13.0. The Balaban J connectivity index is 1.47. The summed E-state index contributed by atoms with van der Waals surface area (Å²) in [6.07, 6.45) is 1.14. The van der Waals surface area contributed by atoms with Crippen molar-refractivity contribution in [3.63, 3.8) is 0 Å². The Labute approximate surface area is 230 Å². The highest BCUT2D eigenvalue weighted by atomic mass is 16.4. The number of rotatable bonds is 5. The van der Waals surface area contributed by atoms with Gasteiger partial charge in [0.05, 0.1) is 41.4 Å². The number of piperazine rings is 1. The first-order valence-electron chi connectivity index (χ1n) is 13.0. The number of aliphatic hydroxyl groups is 1. The van der Waals surface area contributed by atoms with Gasteiger partial charge in [0.15, 0.2) is 5.69 Å². The minimum absolute atomic E-state index is 0.00576. The number of carbonyl (C=O) groups is 3. The topological polar surface area (TPSA) is 177 Å². The molecular weight excluding hydrogens is 516 g/mol. The van der Waals surface area contributed by atoms with Gasteiger partial charge in [0.1, 0.15) is 0 Å². The van der Waals surface area contributed by atoms with Gasteiger partial charge < -0.3 is 36.0 Å². The molecule has 3 atom stereocenters. The number of nitrogens with two attached hydrogens (primary N) is 1. The Hall–Kier alpha value is -4.49. The van der Waals surface area contributed by atoms with E-state index in [0.717, 1.165) is 5.69 Å². The van der Waals surface area contributed by atoms with Crippen molar-refractivity contribution in [3.8, 4) is 0 Å². The minimum Gasteiger partial charge on any atom is -0.465 e. The first-order chi connectivity index (χ1) is 19.1. The van der Waals surface area contributed by atoms with Crippen LogP contribution in [0, 0.1) is 5.92 Å². The van der Waals surface area contributed by atoms with Gasteiger partial charge in [0, 0.05) is 62.5 Å². The number of aromatic nitrogens is 2. The van der Waals surface area contributed by atoms with Crippen molar-refractivity contribution in [3.05, 3.63) is 48.4 Å². The minimum atomic E-state index is -1.33. The second-order valence-corrected chi connectivity index (χ2v) is 10.3. The lowest BCUT2D eigenvalue weighted by Crippen LogP contribution is -2.55. The number of benzene rings is 1. The summed E-state index contributed by atoms with van der Waals surface area (Å²) in [6.45, 7) is 4.29. The van der Waals surface area contributed by atoms with Crippen molar-refractivity contribution in [1.82, 2.24) is 14.9 Å². The van der Waals surface area contributed by atoms with E-state index in [0.29, 0.717) is 48.5 Å². The maximum absolute atomic E-state index is 13.6. The molecule has 13 heteroatoms. The second-order valence-electron chi connectivity index (χ2n) is 10.3. The monoisotopic (exact) mass is 548 g/mol. The van der Waals surface area contributed by atoms with E-state index in [9.17, 15) is 24.6 Å². The summed E-state index contributed by atoms with van der Waals surface area (Å²) < 4.78 is 0. The number of fused-ring (bicyclic) bond motifs is 1. The van der Waals surface area contributed by atoms with Crippen LogP contribution in [0.3, 0.4) is 0 Å². The summed E-state index contributed by atoms with van der Waals surface area (Å²) in [5, 5.41) is 25.4. The van der Waals surface area contributed by atoms with E-state index in [-0.39, 0.29) is 29.8 Å². The fraction of sp³-hybridized carbons (Fsp3) is 0.370. The van der Waals surface area contributed by atoms with Crippen molar-refractivity contribution >= 4 is 51.6 Å². The lowest BCUT2D eigenvalue weighted by atomic mass is 9.92. The fourth-order valence-electron chi connectivity index (χ4n) is 5.17. The molecule has 4 heterocycles. The molecule has 1 aromatic carbocycles. The third-order valence-corrected chi connectivity index (χ3v) is 7.43. The number of anilines is 4. The molecule has 13 nitrogen and oxygen atoms in total. The van der Waals surface area contributed by atoms with E-state index in [1.807, 2.05) is 22.8 Å². The van der Waals surface area contributed by atoms with E-state index < -0.39 is 24.1 Å². The zero-order valence-electron chi connectivity index (χ0n) is 22.2. The van der Waals surface area contributed by atoms with Crippen molar-refractivity contribution in [1.29, 1.82) is 0 Å². The number of pyridine rings is 2. The molecule has 40 heavy (non-hydrogen) atoms. The van der Waals surface area contributed by atoms with Gasteiger partial charge in [-0.15, -0.1) is 0 Å². The first kappa shape index (κ1) is 27.1. The molecule has 2 aliphatic heterocycles. The Morgan fingerprint density at radius 3 is 2.60 bits per heavy atom. The molecule has 0 spiro atoms. The Morgan fingerprint density at radius 1 is 1.07 bits per heavy atom. The van der Waals surface area contributed by atoms with E-state index in [1.165, 1.54) is 6.20 Å². The van der Waals surface area contributed by atoms with Gasteiger partial charge >= 0.3 is 6.09 Å². The van der Waals surface area contributed by atoms with Crippen molar-refractivity contribution in [2.75, 3.05) is 60.2 Å². The molecule has 2 fully saturated rings. The van der Waals surface area contributed by atoms with Crippen LogP contribution >= 0.6 is 0 Å². The molecule has 210 valence electrons. The van der Waals surface area contributed by atoms with Gasteiger partial charge in [-0.3, -0.25) is 19.9 Å². The van der Waals surface area contributed by atoms with Crippen molar-refractivity contribution in [2.24, 2.45) is 11.7 Å². The predicted molar refractivity (Wildman–Crippen MR) is 151 cm³/mol.